The number of carbonyl (C=O) groups excluding carboxylic acids is 1. The highest BCUT2D eigenvalue weighted by Crippen LogP contribution is 2.00. The molecule has 0 radical (unpaired) electrons. The zero-order valence-electron chi connectivity index (χ0n) is 10.6. The second-order valence-electron chi connectivity index (χ2n) is 5.25. The average molecular weight is 215 g/mol. The molecule has 0 aliphatic rings. The van der Waals surface area contributed by atoms with Crippen molar-refractivity contribution in [1.82, 2.24) is 10.6 Å². The molecule has 15 heavy (non-hydrogen) atoms. The molecular weight excluding hydrogens is 190 g/mol. The maximum absolute atomic E-state index is 11.1. The number of amides is 1. The second kappa shape index (κ2) is 6.08. The van der Waals surface area contributed by atoms with Gasteiger partial charge in [-0.2, -0.15) is 0 Å². The van der Waals surface area contributed by atoms with Gasteiger partial charge in [-0.15, -0.1) is 0 Å². The lowest BCUT2D eigenvalue weighted by molar-refractivity contribution is -0.120. The predicted molar refractivity (Wildman–Crippen MR) is 63.6 cm³/mol. The molecular formula is C11H25N3O. The summed E-state index contributed by atoms with van der Waals surface area (Å²) in [5, 5.41) is 6.49. The Morgan fingerprint density at radius 2 is 1.80 bits per heavy atom. The Balaban J connectivity index is 3.78. The maximum Gasteiger partial charge on any atom is 0.234 e. The van der Waals surface area contributed by atoms with Gasteiger partial charge in [0.05, 0.1) is 6.04 Å². The molecule has 0 spiro atoms. The molecule has 0 aromatic carbocycles. The number of hydrogen-bond donors (Lipinski definition) is 3. The van der Waals surface area contributed by atoms with Gasteiger partial charge in [0.15, 0.2) is 0 Å². The van der Waals surface area contributed by atoms with Crippen LogP contribution in [0.15, 0.2) is 0 Å². The quantitative estimate of drug-likeness (QED) is 0.564. The van der Waals surface area contributed by atoms with Crippen LogP contribution in [0, 0.1) is 5.92 Å². The van der Waals surface area contributed by atoms with Crippen molar-refractivity contribution in [2.24, 2.45) is 11.7 Å². The van der Waals surface area contributed by atoms with E-state index in [-0.39, 0.29) is 23.4 Å². The first-order valence-corrected chi connectivity index (χ1v) is 5.52. The van der Waals surface area contributed by atoms with Crippen LogP contribution in [0.25, 0.3) is 0 Å². The number of rotatable bonds is 6. The second-order valence-corrected chi connectivity index (χ2v) is 5.25. The van der Waals surface area contributed by atoms with Crippen molar-refractivity contribution >= 4 is 5.91 Å². The third-order valence-corrected chi connectivity index (χ3v) is 2.12. The molecule has 0 rings (SSSR count). The van der Waals surface area contributed by atoms with Crippen molar-refractivity contribution in [2.75, 3.05) is 13.1 Å². The molecule has 0 aliphatic carbocycles. The third-order valence-electron chi connectivity index (χ3n) is 2.12. The normalized spacial score (nSPS) is 14.3. The van der Waals surface area contributed by atoms with Gasteiger partial charge in [-0.3, -0.25) is 4.79 Å². The molecule has 1 atom stereocenters. The minimum Gasteiger partial charge on any atom is -0.368 e. The van der Waals surface area contributed by atoms with E-state index in [4.69, 9.17) is 5.73 Å². The Labute approximate surface area is 93.0 Å². The number of carbonyl (C=O) groups is 1. The van der Waals surface area contributed by atoms with E-state index >= 15 is 0 Å². The van der Waals surface area contributed by atoms with Gasteiger partial charge in [0, 0.05) is 18.6 Å². The van der Waals surface area contributed by atoms with E-state index in [9.17, 15) is 4.79 Å². The van der Waals surface area contributed by atoms with E-state index in [1.165, 1.54) is 0 Å². The van der Waals surface area contributed by atoms with Crippen molar-refractivity contribution in [3.8, 4) is 0 Å². The third kappa shape index (κ3) is 7.33. The molecule has 4 nitrogen and oxygen atoms in total. The van der Waals surface area contributed by atoms with Gasteiger partial charge in [-0.1, -0.05) is 13.8 Å². The van der Waals surface area contributed by atoms with E-state index in [0.29, 0.717) is 0 Å². The number of nitrogens with one attached hydrogen (secondary N) is 2. The number of hydrogen-bond acceptors (Lipinski definition) is 3. The molecule has 1 unspecified atom stereocenters. The summed E-state index contributed by atoms with van der Waals surface area (Å²) >= 11 is 0. The summed E-state index contributed by atoms with van der Waals surface area (Å²) in [6.07, 6.45) is 0. The first-order valence-electron chi connectivity index (χ1n) is 5.52. The molecule has 0 fully saturated rings. The Bertz CT molecular complexity index is 196. The van der Waals surface area contributed by atoms with E-state index < -0.39 is 0 Å². The van der Waals surface area contributed by atoms with E-state index in [2.05, 4.69) is 31.4 Å². The fraction of sp³-hybridized carbons (Fsp3) is 0.909. The standard InChI is InChI=1S/C11H25N3O/c1-8(2)9(10(12)15)13-6-7-14-11(3,4)5/h8-9,13-14H,6-7H2,1-5H3,(H2,12,15). The highest BCUT2D eigenvalue weighted by atomic mass is 16.1. The Morgan fingerprint density at radius 1 is 1.27 bits per heavy atom. The molecule has 4 heteroatoms. The van der Waals surface area contributed by atoms with Crippen LogP contribution in [0.1, 0.15) is 34.6 Å². The van der Waals surface area contributed by atoms with Crippen molar-refractivity contribution in [2.45, 2.75) is 46.2 Å². The summed E-state index contributed by atoms with van der Waals surface area (Å²) in [6.45, 7) is 11.9. The Kier molecular flexibility index (Phi) is 5.83. The SMILES string of the molecule is CC(C)C(NCCNC(C)(C)C)C(N)=O. The van der Waals surface area contributed by atoms with Crippen LogP contribution in [0.4, 0.5) is 0 Å². The summed E-state index contributed by atoms with van der Waals surface area (Å²) in [5.74, 6) is -0.0436. The van der Waals surface area contributed by atoms with Gasteiger partial charge in [0.25, 0.3) is 0 Å². The number of primary amides is 1. The van der Waals surface area contributed by atoms with E-state index in [0.717, 1.165) is 13.1 Å². The first-order chi connectivity index (χ1) is 6.74. The van der Waals surface area contributed by atoms with Crippen LogP contribution in [0.5, 0.6) is 0 Å². The molecule has 0 saturated heterocycles. The van der Waals surface area contributed by atoms with Crippen LogP contribution in [0.2, 0.25) is 0 Å². The van der Waals surface area contributed by atoms with Gasteiger partial charge in [-0.05, 0) is 26.7 Å². The van der Waals surface area contributed by atoms with Crippen LogP contribution in [0.3, 0.4) is 0 Å². The molecule has 0 aromatic rings. The summed E-state index contributed by atoms with van der Waals surface area (Å²) in [6, 6.07) is -0.230. The van der Waals surface area contributed by atoms with Crippen molar-refractivity contribution < 1.29 is 4.79 Å². The van der Waals surface area contributed by atoms with Crippen LogP contribution in [-0.2, 0) is 4.79 Å². The maximum atomic E-state index is 11.1. The zero-order valence-corrected chi connectivity index (χ0v) is 10.6. The average Bonchev–Trinajstić information content (AvgIpc) is 2.00. The summed E-state index contributed by atoms with van der Waals surface area (Å²) in [5.41, 5.74) is 5.40. The lowest BCUT2D eigenvalue weighted by Crippen LogP contribution is -2.48. The molecule has 90 valence electrons. The summed E-state index contributed by atoms with van der Waals surface area (Å²) in [4.78, 5) is 11.1. The lowest BCUT2D eigenvalue weighted by atomic mass is 10.0. The Hall–Kier alpha value is -0.610. The molecule has 0 heterocycles. The van der Waals surface area contributed by atoms with Gasteiger partial charge in [0.2, 0.25) is 5.91 Å². The van der Waals surface area contributed by atoms with Crippen LogP contribution in [-0.4, -0.2) is 30.6 Å². The van der Waals surface area contributed by atoms with Gasteiger partial charge in [-0.25, -0.2) is 0 Å². The monoisotopic (exact) mass is 215 g/mol. The minimum absolute atomic E-state index is 0.113. The first kappa shape index (κ1) is 14.4. The summed E-state index contributed by atoms with van der Waals surface area (Å²) in [7, 11) is 0. The highest BCUT2D eigenvalue weighted by molar-refractivity contribution is 5.80. The van der Waals surface area contributed by atoms with Crippen LogP contribution >= 0.6 is 0 Å². The predicted octanol–water partition coefficient (Wildman–Crippen LogP) is 0.474. The molecule has 4 N–H and O–H groups in total. The fourth-order valence-electron chi connectivity index (χ4n) is 1.33. The van der Waals surface area contributed by atoms with Crippen molar-refractivity contribution in [3.63, 3.8) is 0 Å². The van der Waals surface area contributed by atoms with Crippen molar-refractivity contribution in [1.29, 1.82) is 0 Å². The Morgan fingerprint density at radius 3 is 2.13 bits per heavy atom. The lowest BCUT2D eigenvalue weighted by Gasteiger charge is -2.23. The zero-order chi connectivity index (χ0) is 12.1. The smallest absolute Gasteiger partial charge is 0.234 e. The number of nitrogens with two attached hydrogens (primary N) is 1. The van der Waals surface area contributed by atoms with Crippen LogP contribution < -0.4 is 16.4 Å². The van der Waals surface area contributed by atoms with Gasteiger partial charge in [0.1, 0.15) is 0 Å². The van der Waals surface area contributed by atoms with Gasteiger partial charge < -0.3 is 16.4 Å². The van der Waals surface area contributed by atoms with E-state index in [1.807, 2.05) is 13.8 Å². The molecule has 1 amide bonds. The topological polar surface area (TPSA) is 67.2 Å². The molecule has 0 aromatic heterocycles. The molecule has 0 bridgehead atoms. The van der Waals surface area contributed by atoms with Crippen molar-refractivity contribution in [3.05, 3.63) is 0 Å². The van der Waals surface area contributed by atoms with E-state index in [1.54, 1.807) is 0 Å². The summed E-state index contributed by atoms with van der Waals surface area (Å²) < 4.78 is 0. The highest BCUT2D eigenvalue weighted by Gasteiger charge is 2.18. The molecule has 0 aliphatic heterocycles. The van der Waals surface area contributed by atoms with Gasteiger partial charge >= 0.3 is 0 Å². The minimum atomic E-state index is -0.277. The largest absolute Gasteiger partial charge is 0.368 e. The fourth-order valence-corrected chi connectivity index (χ4v) is 1.33. The molecule has 0 saturated carbocycles.